The van der Waals surface area contributed by atoms with Crippen molar-refractivity contribution in [2.45, 2.75) is 26.4 Å². The molecule has 0 spiro atoms. The normalized spacial score (nSPS) is 18.0. The Labute approximate surface area is 59.2 Å². The molecular weight excluding hydrogens is 168 g/mol. The summed E-state index contributed by atoms with van der Waals surface area (Å²) in [7, 11) is 0. The van der Waals surface area contributed by atoms with Crippen molar-refractivity contribution >= 4 is 15.9 Å². The average Bonchev–Trinajstić information content (AvgIpc) is 1.84. The molecule has 1 N–H and O–H groups in total. The highest BCUT2D eigenvalue weighted by Crippen LogP contribution is 2.08. The minimum Gasteiger partial charge on any atom is -0.393 e. The van der Waals surface area contributed by atoms with Gasteiger partial charge in [0.2, 0.25) is 0 Å². The zero-order chi connectivity index (χ0) is 6.57. The van der Waals surface area contributed by atoms with Crippen LogP contribution in [0.2, 0.25) is 0 Å². The van der Waals surface area contributed by atoms with E-state index in [0.29, 0.717) is 5.92 Å². The van der Waals surface area contributed by atoms with E-state index in [1.165, 1.54) is 0 Å². The predicted octanol–water partition coefficient (Wildman–Crippen LogP) is 1.79. The molecule has 2 heteroatoms. The Bertz CT molecular complexity index is 48.5. The lowest BCUT2D eigenvalue weighted by Gasteiger charge is -2.12. The molecule has 0 aliphatic carbocycles. The van der Waals surface area contributed by atoms with Gasteiger partial charge in [-0.1, -0.05) is 29.8 Å². The minimum absolute atomic E-state index is 0.130. The molecule has 1 nitrogen and oxygen atoms in total. The number of alkyl halides is 1. The van der Waals surface area contributed by atoms with Crippen molar-refractivity contribution < 1.29 is 5.11 Å². The van der Waals surface area contributed by atoms with E-state index in [4.69, 9.17) is 5.11 Å². The fraction of sp³-hybridized carbons (Fsp3) is 1.00. The fourth-order valence-electron chi connectivity index (χ4n) is 0.505. The number of aliphatic hydroxyl groups excluding tert-OH is 1. The SMILES string of the molecule is CCC(O)C(C)CBr. The Morgan fingerprint density at radius 3 is 2.25 bits per heavy atom. The quantitative estimate of drug-likeness (QED) is 0.658. The van der Waals surface area contributed by atoms with Crippen molar-refractivity contribution in [1.82, 2.24) is 0 Å². The van der Waals surface area contributed by atoms with Crippen LogP contribution in [0.5, 0.6) is 0 Å². The predicted molar refractivity (Wildman–Crippen MR) is 39.3 cm³/mol. The molecule has 0 aromatic heterocycles. The summed E-state index contributed by atoms with van der Waals surface area (Å²) in [5.41, 5.74) is 0. The van der Waals surface area contributed by atoms with Gasteiger partial charge >= 0.3 is 0 Å². The molecule has 2 atom stereocenters. The smallest absolute Gasteiger partial charge is 0.0571 e. The Morgan fingerprint density at radius 2 is 2.12 bits per heavy atom. The van der Waals surface area contributed by atoms with Gasteiger partial charge in [-0.2, -0.15) is 0 Å². The first-order chi connectivity index (χ1) is 3.72. The number of hydrogen-bond acceptors (Lipinski definition) is 1. The Hall–Kier alpha value is 0.440. The second-order valence-electron chi connectivity index (χ2n) is 2.11. The first-order valence-corrected chi connectivity index (χ1v) is 4.08. The van der Waals surface area contributed by atoms with Gasteiger partial charge in [0.05, 0.1) is 6.10 Å². The van der Waals surface area contributed by atoms with Crippen LogP contribution in [0, 0.1) is 5.92 Å². The lowest BCUT2D eigenvalue weighted by atomic mass is 10.1. The van der Waals surface area contributed by atoms with Crippen molar-refractivity contribution in [3.63, 3.8) is 0 Å². The van der Waals surface area contributed by atoms with Gasteiger partial charge in [-0.3, -0.25) is 0 Å². The van der Waals surface area contributed by atoms with Crippen LogP contribution in [-0.4, -0.2) is 16.5 Å². The number of rotatable bonds is 3. The highest BCUT2D eigenvalue weighted by molar-refractivity contribution is 9.09. The van der Waals surface area contributed by atoms with Crippen LogP contribution in [0.25, 0.3) is 0 Å². The van der Waals surface area contributed by atoms with E-state index in [9.17, 15) is 0 Å². The number of aliphatic hydroxyl groups is 1. The maximum atomic E-state index is 9.10. The number of halogens is 1. The standard InChI is InChI=1S/C6H13BrO/c1-3-6(8)5(2)4-7/h5-6,8H,3-4H2,1-2H3. The molecule has 0 fully saturated rings. The minimum atomic E-state index is -0.130. The van der Waals surface area contributed by atoms with Gasteiger partial charge in [-0.05, 0) is 12.3 Å². The summed E-state index contributed by atoms with van der Waals surface area (Å²) in [5, 5.41) is 9.99. The summed E-state index contributed by atoms with van der Waals surface area (Å²) in [6.45, 7) is 4.02. The fourth-order valence-corrected chi connectivity index (χ4v) is 0.937. The molecule has 0 aromatic carbocycles. The molecular formula is C6H13BrO. The average molecular weight is 181 g/mol. The van der Waals surface area contributed by atoms with E-state index < -0.39 is 0 Å². The summed E-state index contributed by atoms with van der Waals surface area (Å²) in [4.78, 5) is 0. The molecule has 0 bridgehead atoms. The van der Waals surface area contributed by atoms with Gasteiger partial charge in [0, 0.05) is 5.33 Å². The third-order valence-corrected chi connectivity index (χ3v) is 2.34. The lowest BCUT2D eigenvalue weighted by molar-refractivity contribution is 0.124. The molecule has 0 saturated carbocycles. The monoisotopic (exact) mass is 180 g/mol. The van der Waals surface area contributed by atoms with Crippen LogP contribution >= 0.6 is 15.9 Å². The van der Waals surface area contributed by atoms with Crippen molar-refractivity contribution in [3.05, 3.63) is 0 Å². The molecule has 0 saturated heterocycles. The molecule has 2 unspecified atom stereocenters. The van der Waals surface area contributed by atoms with Gasteiger partial charge in [-0.25, -0.2) is 0 Å². The summed E-state index contributed by atoms with van der Waals surface area (Å²) in [5.74, 6) is 0.389. The maximum absolute atomic E-state index is 9.10. The molecule has 0 amide bonds. The van der Waals surface area contributed by atoms with E-state index in [-0.39, 0.29) is 6.10 Å². The van der Waals surface area contributed by atoms with Crippen molar-refractivity contribution in [1.29, 1.82) is 0 Å². The van der Waals surface area contributed by atoms with Crippen LogP contribution in [0.4, 0.5) is 0 Å². The molecule has 0 rings (SSSR count). The Balaban J connectivity index is 3.29. The molecule has 50 valence electrons. The summed E-state index contributed by atoms with van der Waals surface area (Å²) in [6, 6.07) is 0. The lowest BCUT2D eigenvalue weighted by Crippen LogP contribution is -2.16. The molecule has 0 radical (unpaired) electrons. The highest BCUT2D eigenvalue weighted by atomic mass is 79.9. The van der Waals surface area contributed by atoms with Gasteiger partial charge < -0.3 is 5.11 Å². The van der Waals surface area contributed by atoms with E-state index in [2.05, 4.69) is 15.9 Å². The third kappa shape index (κ3) is 2.68. The van der Waals surface area contributed by atoms with Gasteiger partial charge in [0.1, 0.15) is 0 Å². The zero-order valence-corrected chi connectivity index (χ0v) is 6.98. The van der Waals surface area contributed by atoms with Gasteiger partial charge in [0.15, 0.2) is 0 Å². The van der Waals surface area contributed by atoms with Crippen LogP contribution in [0.3, 0.4) is 0 Å². The van der Waals surface area contributed by atoms with E-state index >= 15 is 0 Å². The Kier molecular flexibility index (Phi) is 4.57. The van der Waals surface area contributed by atoms with Crippen LogP contribution in [0.15, 0.2) is 0 Å². The zero-order valence-electron chi connectivity index (χ0n) is 5.39. The van der Waals surface area contributed by atoms with Gasteiger partial charge in [-0.15, -0.1) is 0 Å². The summed E-state index contributed by atoms with van der Waals surface area (Å²) < 4.78 is 0. The van der Waals surface area contributed by atoms with E-state index in [1.54, 1.807) is 0 Å². The highest BCUT2D eigenvalue weighted by Gasteiger charge is 2.08. The molecule has 0 heterocycles. The first kappa shape index (κ1) is 8.44. The summed E-state index contributed by atoms with van der Waals surface area (Å²) in [6.07, 6.45) is 0.724. The third-order valence-electron chi connectivity index (χ3n) is 1.32. The molecule has 0 aliphatic rings. The van der Waals surface area contributed by atoms with E-state index in [0.717, 1.165) is 11.8 Å². The van der Waals surface area contributed by atoms with E-state index in [1.807, 2.05) is 13.8 Å². The van der Waals surface area contributed by atoms with Crippen LogP contribution in [-0.2, 0) is 0 Å². The number of hydrogen-bond donors (Lipinski definition) is 1. The van der Waals surface area contributed by atoms with Crippen LogP contribution < -0.4 is 0 Å². The largest absolute Gasteiger partial charge is 0.393 e. The molecule has 8 heavy (non-hydrogen) atoms. The van der Waals surface area contributed by atoms with Crippen molar-refractivity contribution in [3.8, 4) is 0 Å². The second-order valence-corrected chi connectivity index (χ2v) is 2.75. The van der Waals surface area contributed by atoms with Crippen molar-refractivity contribution in [2.75, 3.05) is 5.33 Å². The van der Waals surface area contributed by atoms with Gasteiger partial charge in [0.25, 0.3) is 0 Å². The molecule has 0 aliphatic heterocycles. The summed E-state index contributed by atoms with van der Waals surface area (Å²) >= 11 is 3.30. The Morgan fingerprint density at radius 1 is 1.62 bits per heavy atom. The second kappa shape index (κ2) is 4.33. The molecule has 0 aromatic rings. The first-order valence-electron chi connectivity index (χ1n) is 2.96. The van der Waals surface area contributed by atoms with Crippen LogP contribution in [0.1, 0.15) is 20.3 Å². The maximum Gasteiger partial charge on any atom is 0.0571 e. The van der Waals surface area contributed by atoms with Crippen molar-refractivity contribution in [2.24, 2.45) is 5.92 Å². The topological polar surface area (TPSA) is 20.2 Å².